The lowest BCUT2D eigenvalue weighted by Gasteiger charge is -2.26. The Morgan fingerprint density at radius 3 is 2.18 bits per heavy atom. The van der Waals surface area contributed by atoms with Crippen LogP contribution in [-0.4, -0.2) is 48.0 Å². The van der Waals surface area contributed by atoms with Gasteiger partial charge < -0.3 is 19.2 Å². The number of hydrogen-bond donors (Lipinski definition) is 1. The topological polar surface area (TPSA) is 97.7 Å². The van der Waals surface area contributed by atoms with Crippen molar-refractivity contribution in [2.45, 2.75) is 81.6 Å². The Morgan fingerprint density at radius 2 is 1.55 bits per heavy atom. The standard InChI is InChI=1S/C53H52BN2O6/c1-11-38(28-57)49-41(24-25-43-42-17-13-14-18-44(42)61-36(10)48(43)49)39-22-20-37(21-23-39)16-15-19-45(58)62-40-26-29(3)46(30(4)27-40)50(51-32(6)31(5)34(8)55-51)52-33(7)47(35(9)56(52)54)53(59)60-12-2/h11,13-14,17-18,20-28,55H,10,12,15-16,19H2,1-9H3/q+1/b38-11-. The van der Waals surface area contributed by atoms with Gasteiger partial charge in [0.25, 0.3) is 0 Å². The van der Waals surface area contributed by atoms with E-state index in [-0.39, 0.29) is 19.0 Å². The van der Waals surface area contributed by atoms with Gasteiger partial charge in [-0.1, -0.05) is 67.3 Å². The highest BCUT2D eigenvalue weighted by Crippen LogP contribution is 2.47. The maximum absolute atomic E-state index is 13.3. The van der Waals surface area contributed by atoms with Crippen LogP contribution in [0.25, 0.3) is 39.2 Å². The first-order valence-corrected chi connectivity index (χ1v) is 21.0. The summed E-state index contributed by atoms with van der Waals surface area (Å²) in [4.78, 5) is 42.4. The third kappa shape index (κ3) is 7.84. The van der Waals surface area contributed by atoms with Crippen molar-refractivity contribution in [1.29, 1.82) is 0 Å². The average molecular weight is 824 g/mol. The number of carbonyl (C=O) groups excluding carboxylic acids is 3. The molecule has 8 nitrogen and oxygen atoms in total. The van der Waals surface area contributed by atoms with E-state index in [4.69, 9.17) is 22.2 Å². The molecule has 1 aromatic heterocycles. The van der Waals surface area contributed by atoms with Crippen LogP contribution in [0.1, 0.15) is 96.4 Å². The number of nitrogens with one attached hydrogen (secondary N) is 1. The van der Waals surface area contributed by atoms with E-state index in [1.54, 1.807) is 11.4 Å². The number of aryl methyl sites for hydroxylation is 4. The van der Waals surface area contributed by atoms with E-state index in [1.165, 1.54) is 0 Å². The van der Waals surface area contributed by atoms with Crippen LogP contribution in [-0.2, 0) is 25.5 Å². The average Bonchev–Trinajstić information content (AvgIpc) is 3.63. The minimum Gasteiger partial charge on any atom is -0.462 e. The molecule has 2 aliphatic rings. The van der Waals surface area contributed by atoms with Gasteiger partial charge in [-0.25, -0.2) is 4.79 Å². The van der Waals surface area contributed by atoms with Crippen LogP contribution in [0.15, 0.2) is 102 Å². The molecule has 2 radical (unpaired) electrons. The Balaban J connectivity index is 1.10. The zero-order valence-corrected chi connectivity index (χ0v) is 37.1. The van der Waals surface area contributed by atoms with Crippen LogP contribution < -0.4 is 9.47 Å². The lowest BCUT2D eigenvalue weighted by molar-refractivity contribution is -0.301. The lowest BCUT2D eigenvalue weighted by atomic mass is 9.83. The second-order valence-corrected chi connectivity index (χ2v) is 16.0. The van der Waals surface area contributed by atoms with Gasteiger partial charge in [0.2, 0.25) is 0 Å². The molecular formula is C53H52BN2O6+. The normalized spacial score (nSPS) is 14.4. The fraction of sp³-hybridized carbons (Fsp3) is 0.245. The summed E-state index contributed by atoms with van der Waals surface area (Å²) in [5.41, 5.74) is 17.2. The molecule has 4 aromatic carbocycles. The van der Waals surface area contributed by atoms with Crippen molar-refractivity contribution in [2.75, 3.05) is 6.61 Å². The Kier molecular flexibility index (Phi) is 12.4. The van der Waals surface area contributed by atoms with E-state index < -0.39 is 5.97 Å². The molecule has 0 amide bonds. The number of H-pyrrole nitrogens is 1. The van der Waals surface area contributed by atoms with E-state index >= 15 is 0 Å². The first kappa shape index (κ1) is 43.4. The Morgan fingerprint density at radius 1 is 0.871 bits per heavy atom. The number of nitrogens with zero attached hydrogens (tertiary/aromatic N) is 1. The number of benzene rings is 4. The van der Waals surface area contributed by atoms with Crippen molar-refractivity contribution < 1.29 is 33.1 Å². The monoisotopic (exact) mass is 823 g/mol. The van der Waals surface area contributed by atoms with Gasteiger partial charge in [0.15, 0.2) is 11.4 Å². The molecule has 1 N–H and O–H groups in total. The van der Waals surface area contributed by atoms with Gasteiger partial charge in [-0.05, 0) is 137 Å². The highest BCUT2D eigenvalue weighted by molar-refractivity contribution is 6.23. The van der Waals surface area contributed by atoms with Crippen LogP contribution in [0.5, 0.6) is 11.5 Å². The lowest BCUT2D eigenvalue weighted by Crippen LogP contribution is -2.17. The third-order valence-corrected chi connectivity index (χ3v) is 12.2. The molecule has 62 heavy (non-hydrogen) atoms. The first-order valence-electron chi connectivity index (χ1n) is 21.0. The first-order chi connectivity index (χ1) is 29.7. The molecule has 0 fully saturated rings. The number of rotatable bonds is 12. The van der Waals surface area contributed by atoms with Crippen molar-refractivity contribution in [1.82, 2.24) is 4.98 Å². The summed E-state index contributed by atoms with van der Waals surface area (Å²) < 4.78 is 19.1. The summed E-state index contributed by atoms with van der Waals surface area (Å²) in [5, 5.41) is 0. The smallest absolute Gasteiger partial charge is 0.462 e. The van der Waals surface area contributed by atoms with E-state index in [9.17, 15) is 14.4 Å². The van der Waals surface area contributed by atoms with Crippen molar-refractivity contribution in [2.24, 2.45) is 0 Å². The molecule has 9 heteroatoms. The molecule has 312 valence electrons. The minimum atomic E-state index is -0.414. The van der Waals surface area contributed by atoms with Gasteiger partial charge in [-0.15, -0.1) is 0 Å². The number of allylic oxidation sites excluding steroid dienone is 3. The molecule has 0 saturated heterocycles. The maximum atomic E-state index is 13.3. The largest absolute Gasteiger partial charge is 0.587 e. The summed E-state index contributed by atoms with van der Waals surface area (Å²) in [6.45, 7) is 22.0. The van der Waals surface area contributed by atoms with E-state index in [2.05, 4.69) is 61.8 Å². The van der Waals surface area contributed by atoms with Crippen LogP contribution in [0.2, 0.25) is 0 Å². The molecule has 0 saturated carbocycles. The molecule has 0 spiro atoms. The molecule has 0 aliphatic carbocycles. The predicted octanol–water partition coefficient (Wildman–Crippen LogP) is 11.0. The Bertz CT molecular complexity index is 2810. The summed E-state index contributed by atoms with van der Waals surface area (Å²) in [5.74, 6) is 0.968. The van der Waals surface area contributed by atoms with Gasteiger partial charge in [0, 0.05) is 46.9 Å². The Hall–Kier alpha value is -6.74. The highest BCUT2D eigenvalue weighted by atomic mass is 16.5. The summed E-state index contributed by atoms with van der Waals surface area (Å²) >= 11 is 0. The van der Waals surface area contributed by atoms with Crippen LogP contribution in [0, 0.1) is 34.6 Å². The third-order valence-electron chi connectivity index (χ3n) is 12.2. The summed E-state index contributed by atoms with van der Waals surface area (Å²) in [7, 11) is 6.78. The second kappa shape index (κ2) is 17.7. The maximum Gasteiger partial charge on any atom is 0.587 e. The number of carbonyl (C=O) groups is 3. The number of esters is 2. The van der Waals surface area contributed by atoms with Gasteiger partial charge in [0.1, 0.15) is 29.1 Å². The number of aldehydes is 1. The van der Waals surface area contributed by atoms with Crippen molar-refractivity contribution in [3.63, 3.8) is 0 Å². The summed E-state index contributed by atoms with van der Waals surface area (Å²) in [6, 6.07) is 23.9. The molecule has 0 bridgehead atoms. The van der Waals surface area contributed by atoms with Gasteiger partial charge in [0.05, 0.1) is 17.9 Å². The molecule has 0 atom stereocenters. The number of ether oxygens (including phenoxy) is 3. The zero-order chi connectivity index (χ0) is 44.6. The highest BCUT2D eigenvalue weighted by Gasteiger charge is 2.38. The minimum absolute atomic E-state index is 0.234. The summed E-state index contributed by atoms with van der Waals surface area (Å²) in [6.07, 6.45) is 4.21. The second-order valence-electron chi connectivity index (χ2n) is 16.0. The Labute approximate surface area is 365 Å². The van der Waals surface area contributed by atoms with Crippen LogP contribution >= 0.6 is 0 Å². The fourth-order valence-electron chi connectivity index (χ4n) is 8.86. The molecule has 5 aromatic rings. The molecule has 3 heterocycles. The predicted molar refractivity (Wildman–Crippen MR) is 248 cm³/mol. The zero-order valence-electron chi connectivity index (χ0n) is 37.1. The van der Waals surface area contributed by atoms with Crippen molar-refractivity contribution in [3.05, 3.63) is 158 Å². The van der Waals surface area contributed by atoms with E-state index in [1.807, 2.05) is 84.0 Å². The number of fused-ring (bicyclic) bond motifs is 3. The number of aromatic nitrogens is 1. The van der Waals surface area contributed by atoms with Crippen LogP contribution in [0.4, 0.5) is 0 Å². The quantitative estimate of drug-likeness (QED) is 0.0442. The fourth-order valence-corrected chi connectivity index (χ4v) is 8.86. The van der Waals surface area contributed by atoms with E-state index in [0.717, 1.165) is 101 Å². The van der Waals surface area contributed by atoms with Crippen LogP contribution in [0.3, 0.4) is 0 Å². The van der Waals surface area contributed by atoms with Gasteiger partial charge in [-0.2, -0.15) is 0 Å². The number of para-hydroxylation sites is 1. The molecule has 7 rings (SSSR count). The number of aromatic amines is 1. The van der Waals surface area contributed by atoms with Crippen molar-refractivity contribution >= 4 is 48.8 Å². The van der Waals surface area contributed by atoms with E-state index in [0.29, 0.717) is 46.9 Å². The van der Waals surface area contributed by atoms with Gasteiger partial charge >= 0.3 is 19.9 Å². The molecule has 0 unspecified atom stereocenters. The number of hydrogen-bond acceptors (Lipinski definition) is 6. The molecular weight excluding hydrogens is 771 g/mol. The van der Waals surface area contributed by atoms with Crippen molar-refractivity contribution in [3.8, 4) is 33.8 Å². The SMILES string of the molecule is [B][N+]1=C(C)C(C(=O)OCC)=C(C)/C1=C(/c1[nH]c(C)c(C)c1C)c1c(C)cc(OC(=O)CCCc2ccc(-c3ccc4c(c3/C(C=O)=C\C)C(=C)Oc3ccccc3-4)cc2)cc1C. The van der Waals surface area contributed by atoms with Gasteiger partial charge in [-0.3, -0.25) is 14.1 Å². The molecule has 2 aliphatic heterocycles.